The van der Waals surface area contributed by atoms with Gasteiger partial charge in [-0.25, -0.2) is 0 Å². The summed E-state index contributed by atoms with van der Waals surface area (Å²) in [6.07, 6.45) is 0. The van der Waals surface area contributed by atoms with E-state index in [4.69, 9.17) is 4.42 Å². The molecule has 0 saturated carbocycles. The highest BCUT2D eigenvalue weighted by molar-refractivity contribution is 7.13. The van der Waals surface area contributed by atoms with Crippen molar-refractivity contribution < 1.29 is 14.3 Å². The van der Waals surface area contributed by atoms with Crippen LogP contribution in [0.3, 0.4) is 0 Å². The summed E-state index contributed by atoms with van der Waals surface area (Å²) in [4.78, 5) is 37.2. The molecule has 0 atom stereocenters. The zero-order valence-electron chi connectivity index (χ0n) is 14.4. The van der Waals surface area contributed by atoms with E-state index < -0.39 is 10.9 Å². The number of nitrogens with one attached hydrogen (secondary N) is 2. The van der Waals surface area contributed by atoms with Crippen molar-refractivity contribution in [2.45, 2.75) is 13.5 Å². The molecular weight excluding hydrogens is 358 g/mol. The zero-order valence-corrected chi connectivity index (χ0v) is 15.2. The molecule has 1 amide bonds. The predicted molar refractivity (Wildman–Crippen MR) is 99.4 cm³/mol. The maximum absolute atomic E-state index is 12.0. The number of anilines is 3. The Kier molecular flexibility index (Phi) is 4.56. The molecule has 1 aromatic carbocycles. The molecule has 136 valence electrons. The number of hydrogen-bond donors (Lipinski definition) is 3. The van der Waals surface area contributed by atoms with Crippen LogP contribution in [0.4, 0.5) is 17.1 Å². The summed E-state index contributed by atoms with van der Waals surface area (Å²) in [7, 11) is 3.15. The Labute approximate surface area is 152 Å². The number of aryl methyl sites for hydroxylation is 1. The lowest BCUT2D eigenvalue weighted by atomic mass is 10.2. The molecule has 3 N–H and O–H groups in total. The second kappa shape index (κ2) is 6.68. The van der Waals surface area contributed by atoms with Gasteiger partial charge in [-0.1, -0.05) is 0 Å². The highest BCUT2D eigenvalue weighted by Crippen LogP contribution is 2.37. The van der Waals surface area contributed by atoms with E-state index in [0.717, 1.165) is 17.1 Å². The van der Waals surface area contributed by atoms with E-state index in [1.54, 1.807) is 33.2 Å². The van der Waals surface area contributed by atoms with Gasteiger partial charge < -0.3 is 25.1 Å². The van der Waals surface area contributed by atoms with E-state index >= 15 is 0 Å². The van der Waals surface area contributed by atoms with E-state index in [0.29, 0.717) is 5.76 Å². The number of furan rings is 1. The molecule has 0 unspecified atom stereocenters. The van der Waals surface area contributed by atoms with Gasteiger partial charge in [0.2, 0.25) is 0 Å². The molecule has 26 heavy (non-hydrogen) atoms. The van der Waals surface area contributed by atoms with Crippen molar-refractivity contribution in [2.75, 3.05) is 24.7 Å². The van der Waals surface area contributed by atoms with E-state index in [1.165, 1.54) is 10.3 Å². The maximum atomic E-state index is 12.0. The van der Waals surface area contributed by atoms with Gasteiger partial charge in [0, 0.05) is 19.5 Å². The number of carbonyl (C=O) groups excluding carboxylic acids is 1. The Morgan fingerprint density at radius 1 is 1.23 bits per heavy atom. The molecule has 8 nitrogen and oxygen atoms in total. The van der Waals surface area contributed by atoms with E-state index in [-0.39, 0.29) is 40.1 Å². The van der Waals surface area contributed by atoms with Crippen LogP contribution < -0.4 is 21.5 Å². The molecule has 0 radical (unpaired) electrons. The number of hydrogen-bond acceptors (Lipinski definition) is 8. The lowest BCUT2D eigenvalue weighted by Gasteiger charge is -2.14. The van der Waals surface area contributed by atoms with Crippen molar-refractivity contribution in [3.05, 3.63) is 54.4 Å². The van der Waals surface area contributed by atoms with Crippen LogP contribution in [0.25, 0.3) is 0 Å². The minimum absolute atomic E-state index is 0.0511. The van der Waals surface area contributed by atoms with Crippen molar-refractivity contribution in [1.29, 1.82) is 0 Å². The predicted octanol–water partition coefficient (Wildman–Crippen LogP) is 2.01. The van der Waals surface area contributed by atoms with Gasteiger partial charge in [0.1, 0.15) is 27.8 Å². The number of aromatic hydroxyl groups is 1. The lowest BCUT2D eigenvalue weighted by Crippen LogP contribution is -2.36. The summed E-state index contributed by atoms with van der Waals surface area (Å²) in [5.41, 5.74) is -0.959. The summed E-state index contributed by atoms with van der Waals surface area (Å²) in [5.74, 6) is 0.761. The van der Waals surface area contributed by atoms with Crippen LogP contribution in [0.5, 0.6) is 5.75 Å². The van der Waals surface area contributed by atoms with Gasteiger partial charge in [-0.05, 0) is 19.1 Å². The van der Waals surface area contributed by atoms with Gasteiger partial charge >= 0.3 is 0 Å². The number of rotatable bonds is 6. The molecule has 2 heterocycles. The molecule has 0 aliphatic carbocycles. The van der Waals surface area contributed by atoms with Crippen LogP contribution in [-0.4, -0.2) is 30.0 Å². The van der Waals surface area contributed by atoms with Crippen LogP contribution in [0.2, 0.25) is 0 Å². The second-order valence-electron chi connectivity index (χ2n) is 5.93. The number of carbonyl (C=O) groups is 1. The topological polar surface area (TPSA) is 112 Å². The number of thiophene rings is 1. The molecule has 0 spiro atoms. The summed E-state index contributed by atoms with van der Waals surface area (Å²) in [5, 5.41) is 17.3. The van der Waals surface area contributed by atoms with Crippen molar-refractivity contribution in [2.24, 2.45) is 0 Å². The third kappa shape index (κ3) is 3.08. The Balaban J connectivity index is 1.79. The Bertz CT molecular complexity index is 1040. The van der Waals surface area contributed by atoms with E-state index in [1.807, 2.05) is 0 Å². The summed E-state index contributed by atoms with van der Waals surface area (Å²) >= 11 is 1.05. The van der Waals surface area contributed by atoms with Crippen molar-refractivity contribution >= 4 is 34.3 Å². The smallest absolute Gasteiger partial charge is 0.267 e. The third-order valence-electron chi connectivity index (χ3n) is 3.77. The number of nitrogens with zero attached hydrogens (tertiary/aromatic N) is 1. The van der Waals surface area contributed by atoms with E-state index in [9.17, 15) is 19.5 Å². The number of amides is 1. The average Bonchev–Trinajstić information content (AvgIpc) is 3.18. The quantitative estimate of drug-likeness (QED) is 0.565. The van der Waals surface area contributed by atoms with Crippen LogP contribution in [0, 0.1) is 6.92 Å². The van der Waals surface area contributed by atoms with Gasteiger partial charge in [-0.15, -0.1) is 11.3 Å². The third-order valence-corrected chi connectivity index (χ3v) is 4.73. The fraction of sp³-hybridized carbons (Fsp3) is 0.235. The first kappa shape index (κ1) is 17.7. The normalized spacial score (nSPS) is 10.9. The Morgan fingerprint density at radius 3 is 2.54 bits per heavy atom. The molecule has 0 fully saturated rings. The maximum Gasteiger partial charge on any atom is 0.267 e. The standard InChI is InChI=1S/C17H17N3O5S/c1-8-4-5-9(25-8)6-18-11-12(15(23)14(11)22)19-10-7-26-16(13(10)21)17(24)20(2)3/h4-5,7,18-19,21H,6H2,1-3H3. The van der Waals surface area contributed by atoms with Crippen molar-refractivity contribution in [3.63, 3.8) is 0 Å². The minimum Gasteiger partial charge on any atom is -0.504 e. The Hall–Kier alpha value is -3.07. The van der Waals surface area contributed by atoms with Crippen LogP contribution >= 0.6 is 11.3 Å². The van der Waals surface area contributed by atoms with Gasteiger partial charge in [0.15, 0.2) is 5.75 Å². The van der Waals surface area contributed by atoms with Crippen LogP contribution in [0.1, 0.15) is 21.2 Å². The van der Waals surface area contributed by atoms with Gasteiger partial charge in [0.05, 0.1) is 12.2 Å². The minimum atomic E-state index is -0.686. The van der Waals surface area contributed by atoms with Gasteiger partial charge in [-0.2, -0.15) is 0 Å². The monoisotopic (exact) mass is 375 g/mol. The van der Waals surface area contributed by atoms with Gasteiger partial charge in [0.25, 0.3) is 16.8 Å². The highest BCUT2D eigenvalue weighted by Gasteiger charge is 2.25. The molecule has 2 aromatic heterocycles. The Morgan fingerprint density at radius 2 is 1.92 bits per heavy atom. The SMILES string of the molecule is Cc1ccc(CNc2c(Nc3csc(C(=O)N(C)C)c3O)c(=O)c2=O)o1. The molecule has 0 aliphatic rings. The first-order chi connectivity index (χ1) is 12.3. The second-order valence-corrected chi connectivity index (χ2v) is 6.81. The lowest BCUT2D eigenvalue weighted by molar-refractivity contribution is 0.0829. The summed E-state index contributed by atoms with van der Waals surface area (Å²) < 4.78 is 5.41. The fourth-order valence-corrected chi connectivity index (χ4v) is 3.28. The van der Waals surface area contributed by atoms with Gasteiger partial charge in [-0.3, -0.25) is 14.4 Å². The largest absolute Gasteiger partial charge is 0.504 e. The molecule has 9 heteroatoms. The molecular formula is C17H17N3O5S. The summed E-state index contributed by atoms with van der Waals surface area (Å²) in [6.45, 7) is 2.05. The van der Waals surface area contributed by atoms with Crippen LogP contribution in [-0.2, 0) is 6.54 Å². The first-order valence-electron chi connectivity index (χ1n) is 7.71. The molecule has 3 aromatic rings. The first-order valence-corrected chi connectivity index (χ1v) is 8.59. The average molecular weight is 375 g/mol. The molecule has 3 rings (SSSR count). The van der Waals surface area contributed by atoms with Crippen LogP contribution in [0.15, 0.2) is 31.5 Å². The molecule has 0 aliphatic heterocycles. The van der Waals surface area contributed by atoms with Crippen molar-refractivity contribution in [1.82, 2.24) is 4.90 Å². The molecule has 0 bridgehead atoms. The fourth-order valence-electron chi connectivity index (χ4n) is 2.37. The van der Waals surface area contributed by atoms with Crippen molar-refractivity contribution in [3.8, 4) is 5.75 Å². The van der Waals surface area contributed by atoms with E-state index in [2.05, 4.69) is 10.6 Å². The zero-order chi connectivity index (χ0) is 19.0. The molecule has 0 saturated heterocycles. The summed E-state index contributed by atoms with van der Waals surface area (Å²) in [6, 6.07) is 3.57. The highest BCUT2D eigenvalue weighted by atomic mass is 32.1.